The number of phenols is 1. The molecule has 0 aromatic heterocycles. The first kappa shape index (κ1) is 19.7. The molecule has 5 N–H and O–H groups in total. The Bertz CT molecular complexity index is 1330. The molecule has 3 rings (SSSR count). The Kier molecular flexibility index (Phi) is 4.81. The van der Waals surface area contributed by atoms with Gasteiger partial charge >= 0.3 is 0 Å². The van der Waals surface area contributed by atoms with Crippen molar-refractivity contribution >= 4 is 48.1 Å². The number of fused-ring (bicyclic) bond motifs is 1. The SMILES string of the molecule is Nc1ccc(S(=O)(=O)O)c(N=Nc2cc(S(=O)(=O)O)c3ccccc3c2O)c1. The van der Waals surface area contributed by atoms with Gasteiger partial charge in [0, 0.05) is 16.5 Å². The number of benzene rings is 3. The van der Waals surface area contributed by atoms with Crippen LogP contribution in [0.1, 0.15) is 0 Å². The highest BCUT2D eigenvalue weighted by Crippen LogP contribution is 2.40. The molecule has 28 heavy (non-hydrogen) atoms. The Morgan fingerprint density at radius 1 is 0.750 bits per heavy atom. The molecule has 0 radical (unpaired) electrons. The fourth-order valence-electron chi connectivity index (χ4n) is 2.54. The summed E-state index contributed by atoms with van der Waals surface area (Å²) in [6.07, 6.45) is 0. The van der Waals surface area contributed by atoms with Gasteiger partial charge in [0.25, 0.3) is 20.2 Å². The summed E-state index contributed by atoms with van der Waals surface area (Å²) in [7, 11) is -9.30. The molecule has 146 valence electrons. The molecule has 0 saturated carbocycles. The van der Waals surface area contributed by atoms with Crippen molar-refractivity contribution in [3.05, 3.63) is 48.5 Å². The highest BCUT2D eigenvalue weighted by Gasteiger charge is 2.20. The number of nitrogens with two attached hydrogens (primary N) is 1. The van der Waals surface area contributed by atoms with E-state index in [1.807, 2.05) is 0 Å². The zero-order valence-electron chi connectivity index (χ0n) is 13.9. The van der Waals surface area contributed by atoms with Crippen molar-refractivity contribution in [3.8, 4) is 5.75 Å². The van der Waals surface area contributed by atoms with Gasteiger partial charge in [0.2, 0.25) is 0 Å². The summed E-state index contributed by atoms with van der Waals surface area (Å²) < 4.78 is 65.0. The van der Waals surface area contributed by atoms with E-state index in [1.54, 1.807) is 0 Å². The lowest BCUT2D eigenvalue weighted by atomic mass is 10.1. The van der Waals surface area contributed by atoms with E-state index in [4.69, 9.17) is 5.73 Å². The van der Waals surface area contributed by atoms with Crippen molar-refractivity contribution in [1.29, 1.82) is 0 Å². The van der Waals surface area contributed by atoms with Gasteiger partial charge in [0.15, 0.2) is 5.75 Å². The van der Waals surface area contributed by atoms with Crippen molar-refractivity contribution in [2.75, 3.05) is 5.73 Å². The molecule has 3 aromatic carbocycles. The van der Waals surface area contributed by atoms with Gasteiger partial charge in [-0.3, -0.25) is 9.11 Å². The lowest BCUT2D eigenvalue weighted by molar-refractivity contribution is 0.479. The highest BCUT2D eigenvalue weighted by molar-refractivity contribution is 7.86. The first-order valence-corrected chi connectivity index (χ1v) is 10.4. The number of hydrogen-bond acceptors (Lipinski definition) is 8. The Morgan fingerprint density at radius 2 is 1.32 bits per heavy atom. The Hall–Kier alpha value is -3.06. The Labute approximate surface area is 159 Å². The number of hydrogen-bond donors (Lipinski definition) is 4. The van der Waals surface area contributed by atoms with E-state index in [9.17, 15) is 31.0 Å². The first-order valence-electron chi connectivity index (χ1n) is 7.49. The fourth-order valence-corrected chi connectivity index (χ4v) is 3.86. The quantitative estimate of drug-likeness (QED) is 0.281. The van der Waals surface area contributed by atoms with Gasteiger partial charge in [-0.15, -0.1) is 10.2 Å². The molecule has 10 nitrogen and oxygen atoms in total. The molecule has 0 heterocycles. The summed E-state index contributed by atoms with van der Waals surface area (Å²) in [5, 5.41) is 17.9. The van der Waals surface area contributed by atoms with Gasteiger partial charge in [-0.2, -0.15) is 16.8 Å². The van der Waals surface area contributed by atoms with Gasteiger partial charge < -0.3 is 10.8 Å². The van der Waals surface area contributed by atoms with E-state index < -0.39 is 35.8 Å². The number of nitrogens with zero attached hydrogens (tertiary/aromatic N) is 2. The number of rotatable bonds is 4. The summed E-state index contributed by atoms with van der Waals surface area (Å²) in [6.45, 7) is 0. The average molecular weight is 423 g/mol. The molecule has 0 aliphatic rings. The second-order valence-electron chi connectivity index (χ2n) is 5.67. The number of phenolic OH excluding ortho intramolecular Hbond substituents is 1. The van der Waals surface area contributed by atoms with E-state index in [0.29, 0.717) is 0 Å². The van der Waals surface area contributed by atoms with Crippen LogP contribution in [0.3, 0.4) is 0 Å². The molecule has 0 aliphatic carbocycles. The summed E-state index contributed by atoms with van der Waals surface area (Å²) in [5.74, 6) is -0.441. The molecule has 0 amide bonds. The van der Waals surface area contributed by atoms with Crippen LogP contribution in [0.5, 0.6) is 5.75 Å². The van der Waals surface area contributed by atoms with Gasteiger partial charge in [0.05, 0.1) is 0 Å². The van der Waals surface area contributed by atoms with Crippen molar-refractivity contribution in [3.63, 3.8) is 0 Å². The minimum atomic E-state index is -4.66. The van der Waals surface area contributed by atoms with Crippen molar-refractivity contribution in [2.45, 2.75) is 9.79 Å². The van der Waals surface area contributed by atoms with Crippen LogP contribution in [-0.4, -0.2) is 31.0 Å². The number of anilines is 1. The molecule has 0 spiro atoms. The van der Waals surface area contributed by atoms with Gasteiger partial charge in [-0.25, -0.2) is 0 Å². The Balaban J connectivity index is 2.25. The molecule has 0 saturated heterocycles. The molecule has 0 aliphatic heterocycles. The second kappa shape index (κ2) is 6.83. The zero-order valence-corrected chi connectivity index (χ0v) is 15.5. The van der Waals surface area contributed by atoms with Gasteiger partial charge in [-0.05, 0) is 24.3 Å². The summed E-state index contributed by atoms with van der Waals surface area (Å²) >= 11 is 0. The molecule has 0 bridgehead atoms. The molecular formula is C16H13N3O7S2. The third kappa shape index (κ3) is 3.80. The minimum absolute atomic E-state index is 0.0593. The maximum absolute atomic E-state index is 11.7. The predicted octanol–water partition coefficient (Wildman–Crippen LogP) is 3.04. The van der Waals surface area contributed by atoms with Crippen LogP contribution in [0, 0.1) is 0 Å². The van der Waals surface area contributed by atoms with Crippen LogP contribution >= 0.6 is 0 Å². The van der Waals surface area contributed by atoms with Crippen LogP contribution in [-0.2, 0) is 20.2 Å². The lowest BCUT2D eigenvalue weighted by Gasteiger charge is -2.08. The monoisotopic (exact) mass is 423 g/mol. The molecule has 12 heteroatoms. The van der Waals surface area contributed by atoms with Crippen LogP contribution < -0.4 is 5.73 Å². The summed E-state index contributed by atoms with van der Waals surface area (Å²) in [5.41, 5.74) is 5.03. The maximum atomic E-state index is 11.7. The fraction of sp³-hybridized carbons (Fsp3) is 0. The third-order valence-corrected chi connectivity index (χ3v) is 5.56. The average Bonchev–Trinajstić information content (AvgIpc) is 2.59. The standard InChI is InChI=1S/C16H13N3O7S2/c17-9-5-6-14(27(21,22)23)12(7-9)18-19-13-8-15(28(24,25)26)10-3-1-2-4-11(10)16(13)20/h1-8,20H,17H2,(H,21,22,23)(H,24,25,26). The molecule has 3 aromatic rings. The first-order chi connectivity index (χ1) is 13.0. The highest BCUT2D eigenvalue weighted by atomic mass is 32.2. The minimum Gasteiger partial charge on any atom is -0.505 e. The molecule has 0 unspecified atom stereocenters. The molecule has 0 atom stereocenters. The maximum Gasteiger partial charge on any atom is 0.296 e. The van der Waals surface area contributed by atoms with Crippen LogP contribution in [0.25, 0.3) is 10.8 Å². The smallest absolute Gasteiger partial charge is 0.296 e. The van der Waals surface area contributed by atoms with Crippen LogP contribution in [0.4, 0.5) is 17.1 Å². The number of aromatic hydroxyl groups is 1. The second-order valence-corrected chi connectivity index (χ2v) is 8.45. The van der Waals surface area contributed by atoms with Crippen LogP contribution in [0.15, 0.2) is 68.6 Å². The van der Waals surface area contributed by atoms with E-state index in [1.165, 1.54) is 30.3 Å². The van der Waals surface area contributed by atoms with E-state index in [-0.39, 0.29) is 27.8 Å². The van der Waals surface area contributed by atoms with E-state index in [2.05, 4.69) is 10.2 Å². The van der Waals surface area contributed by atoms with Crippen molar-refractivity contribution in [2.24, 2.45) is 10.2 Å². The van der Waals surface area contributed by atoms with E-state index in [0.717, 1.165) is 18.2 Å². The number of azo groups is 1. The predicted molar refractivity (Wildman–Crippen MR) is 100 cm³/mol. The number of nitrogen functional groups attached to an aromatic ring is 1. The third-order valence-electron chi connectivity index (χ3n) is 3.76. The molecule has 0 fully saturated rings. The summed E-state index contributed by atoms with van der Waals surface area (Å²) in [6, 6.07) is 10.1. The zero-order chi connectivity index (χ0) is 20.7. The van der Waals surface area contributed by atoms with E-state index >= 15 is 0 Å². The largest absolute Gasteiger partial charge is 0.505 e. The van der Waals surface area contributed by atoms with Crippen LogP contribution in [0.2, 0.25) is 0 Å². The van der Waals surface area contributed by atoms with Gasteiger partial charge in [-0.1, -0.05) is 24.3 Å². The molecular weight excluding hydrogens is 410 g/mol. The summed E-state index contributed by atoms with van der Waals surface area (Å²) in [4.78, 5) is -1.10. The Morgan fingerprint density at radius 3 is 1.93 bits per heavy atom. The lowest BCUT2D eigenvalue weighted by Crippen LogP contribution is -1.99. The normalized spacial score (nSPS) is 12.6. The van der Waals surface area contributed by atoms with Crippen molar-refractivity contribution in [1.82, 2.24) is 0 Å². The van der Waals surface area contributed by atoms with Gasteiger partial charge in [0.1, 0.15) is 21.2 Å². The topological polar surface area (TPSA) is 180 Å². The van der Waals surface area contributed by atoms with Crippen molar-refractivity contribution < 1.29 is 31.0 Å².